The molecule has 0 aliphatic carbocycles. The Hall–Kier alpha value is -1.85. The monoisotopic (exact) mass is 292 g/mol. The number of amides is 2. The Labute approximate surface area is 125 Å². The van der Waals surface area contributed by atoms with Crippen LogP contribution in [0.1, 0.15) is 38.7 Å². The van der Waals surface area contributed by atoms with Gasteiger partial charge in [-0.15, -0.1) is 0 Å². The molecule has 2 amide bonds. The van der Waals surface area contributed by atoms with E-state index in [-0.39, 0.29) is 17.7 Å². The molecule has 1 saturated heterocycles. The number of likely N-dealkylation sites (tertiary alicyclic amines) is 1. The third-order valence-corrected chi connectivity index (χ3v) is 3.64. The molecule has 2 rings (SSSR count). The van der Waals surface area contributed by atoms with Gasteiger partial charge in [0.25, 0.3) is 0 Å². The molecule has 1 atom stereocenters. The number of carbonyl (C=O) groups excluding carboxylic acids is 2. The maximum absolute atomic E-state index is 12.1. The lowest BCUT2D eigenvalue weighted by molar-refractivity contribution is -0.129. The summed E-state index contributed by atoms with van der Waals surface area (Å²) in [4.78, 5) is 33.2. The van der Waals surface area contributed by atoms with Gasteiger partial charge < -0.3 is 15.2 Å². The van der Waals surface area contributed by atoms with Crippen molar-refractivity contribution in [1.29, 1.82) is 0 Å². The molecule has 1 aromatic rings. The number of hydrogen-bond donors (Lipinski definition) is 2. The van der Waals surface area contributed by atoms with Crippen molar-refractivity contribution >= 4 is 11.8 Å². The van der Waals surface area contributed by atoms with Crippen molar-refractivity contribution in [2.45, 2.75) is 40.2 Å². The average molecular weight is 292 g/mol. The Bertz CT molecular complexity index is 510. The molecule has 2 N–H and O–H groups in total. The van der Waals surface area contributed by atoms with Crippen LogP contribution in [-0.4, -0.2) is 39.8 Å². The van der Waals surface area contributed by atoms with Crippen LogP contribution in [0.15, 0.2) is 6.20 Å². The van der Waals surface area contributed by atoms with E-state index in [0.717, 1.165) is 24.5 Å². The predicted octanol–water partition coefficient (Wildman–Crippen LogP) is 1.09. The summed E-state index contributed by atoms with van der Waals surface area (Å²) in [7, 11) is 0. The van der Waals surface area contributed by atoms with Gasteiger partial charge in [-0.05, 0) is 5.92 Å². The number of aromatic nitrogens is 2. The third kappa shape index (κ3) is 4.06. The van der Waals surface area contributed by atoms with Crippen molar-refractivity contribution in [2.75, 3.05) is 13.1 Å². The minimum atomic E-state index is -0.232. The first kappa shape index (κ1) is 15.5. The lowest BCUT2D eigenvalue weighted by Crippen LogP contribution is -2.33. The number of hydrogen-bond acceptors (Lipinski definition) is 3. The zero-order valence-electron chi connectivity index (χ0n) is 13.0. The number of aryl methyl sites for hydroxylation is 1. The lowest BCUT2D eigenvalue weighted by Gasteiger charge is -2.18. The van der Waals surface area contributed by atoms with Crippen molar-refractivity contribution < 1.29 is 9.59 Å². The molecule has 116 valence electrons. The largest absolute Gasteiger partial charge is 0.350 e. The summed E-state index contributed by atoms with van der Waals surface area (Å²) in [5.74, 6) is 1.14. The van der Waals surface area contributed by atoms with Crippen molar-refractivity contribution in [3.8, 4) is 0 Å². The second-order valence-electron chi connectivity index (χ2n) is 6.02. The van der Waals surface area contributed by atoms with E-state index in [0.29, 0.717) is 25.4 Å². The van der Waals surface area contributed by atoms with Gasteiger partial charge in [0, 0.05) is 25.9 Å². The fraction of sp³-hybridized carbons (Fsp3) is 0.667. The van der Waals surface area contributed by atoms with E-state index in [4.69, 9.17) is 0 Å². The Morgan fingerprint density at radius 2 is 2.33 bits per heavy atom. The molecule has 2 heterocycles. The van der Waals surface area contributed by atoms with Crippen LogP contribution in [0.2, 0.25) is 0 Å². The summed E-state index contributed by atoms with van der Waals surface area (Å²) < 4.78 is 0. The van der Waals surface area contributed by atoms with E-state index >= 15 is 0 Å². The van der Waals surface area contributed by atoms with Gasteiger partial charge in [-0.2, -0.15) is 0 Å². The number of carbonyl (C=O) groups is 2. The van der Waals surface area contributed by atoms with Gasteiger partial charge in [0.2, 0.25) is 11.8 Å². The molecule has 1 fully saturated rings. The molecule has 0 bridgehead atoms. The summed E-state index contributed by atoms with van der Waals surface area (Å²) in [6.45, 7) is 7.86. The summed E-state index contributed by atoms with van der Waals surface area (Å²) in [6.07, 6.45) is 2.90. The zero-order chi connectivity index (χ0) is 15.4. The third-order valence-electron chi connectivity index (χ3n) is 3.64. The number of nitrogens with one attached hydrogen (secondary N) is 2. The van der Waals surface area contributed by atoms with Crippen LogP contribution in [0.25, 0.3) is 0 Å². The van der Waals surface area contributed by atoms with Crippen molar-refractivity contribution in [3.05, 3.63) is 17.7 Å². The van der Waals surface area contributed by atoms with Crippen LogP contribution in [0.4, 0.5) is 0 Å². The van der Waals surface area contributed by atoms with Gasteiger partial charge in [-0.25, -0.2) is 4.98 Å². The van der Waals surface area contributed by atoms with Crippen molar-refractivity contribution in [2.24, 2.45) is 11.8 Å². The van der Waals surface area contributed by atoms with Gasteiger partial charge >= 0.3 is 0 Å². The minimum Gasteiger partial charge on any atom is -0.350 e. The zero-order valence-corrected chi connectivity index (χ0v) is 13.0. The Morgan fingerprint density at radius 1 is 1.57 bits per heavy atom. The lowest BCUT2D eigenvalue weighted by atomic mass is 10.1. The Morgan fingerprint density at radius 3 is 2.95 bits per heavy atom. The van der Waals surface area contributed by atoms with Crippen molar-refractivity contribution in [3.63, 3.8) is 0 Å². The summed E-state index contributed by atoms with van der Waals surface area (Å²) in [5, 5.41) is 2.88. The second-order valence-corrected chi connectivity index (χ2v) is 6.02. The number of imidazole rings is 1. The SMILES string of the molecule is CCc1ncc(CNC(=O)C2CC(=O)N(CC(C)C)C2)[nH]1. The van der Waals surface area contributed by atoms with Gasteiger partial charge in [0.15, 0.2) is 0 Å². The first-order valence-corrected chi connectivity index (χ1v) is 7.57. The quantitative estimate of drug-likeness (QED) is 0.824. The predicted molar refractivity (Wildman–Crippen MR) is 79.3 cm³/mol. The van der Waals surface area contributed by atoms with E-state index in [2.05, 4.69) is 29.1 Å². The summed E-state index contributed by atoms with van der Waals surface area (Å²) >= 11 is 0. The molecule has 6 nitrogen and oxygen atoms in total. The maximum atomic E-state index is 12.1. The molecule has 0 radical (unpaired) electrons. The molecule has 1 aromatic heterocycles. The number of nitrogens with zero attached hydrogens (tertiary/aromatic N) is 2. The molecular formula is C15H24N4O2. The highest BCUT2D eigenvalue weighted by Crippen LogP contribution is 2.19. The smallest absolute Gasteiger partial charge is 0.225 e. The highest BCUT2D eigenvalue weighted by Gasteiger charge is 2.34. The van der Waals surface area contributed by atoms with Crippen molar-refractivity contribution in [1.82, 2.24) is 20.2 Å². The van der Waals surface area contributed by atoms with E-state index in [9.17, 15) is 9.59 Å². The normalized spacial score (nSPS) is 18.6. The number of rotatable bonds is 6. The molecule has 1 unspecified atom stereocenters. The van der Waals surface area contributed by atoms with Crippen LogP contribution in [0.5, 0.6) is 0 Å². The number of H-pyrrole nitrogens is 1. The standard InChI is InChI=1S/C15H24N4O2/c1-4-13-16-6-12(18-13)7-17-15(21)11-5-14(20)19(9-11)8-10(2)3/h6,10-11H,4-5,7-9H2,1-3H3,(H,16,18)(H,17,21). The van der Waals surface area contributed by atoms with Crippen LogP contribution >= 0.6 is 0 Å². The first-order valence-electron chi connectivity index (χ1n) is 7.57. The molecule has 21 heavy (non-hydrogen) atoms. The number of aromatic amines is 1. The molecule has 6 heteroatoms. The second kappa shape index (κ2) is 6.74. The minimum absolute atomic E-state index is 0.0535. The van der Waals surface area contributed by atoms with Crippen LogP contribution in [0, 0.1) is 11.8 Å². The Kier molecular flexibility index (Phi) is 4.98. The van der Waals surface area contributed by atoms with Gasteiger partial charge in [0.1, 0.15) is 5.82 Å². The molecule has 0 aromatic carbocycles. The van der Waals surface area contributed by atoms with Crippen LogP contribution < -0.4 is 5.32 Å². The van der Waals surface area contributed by atoms with Crippen LogP contribution in [0.3, 0.4) is 0 Å². The topological polar surface area (TPSA) is 78.1 Å². The van der Waals surface area contributed by atoms with Gasteiger partial charge in [0.05, 0.1) is 24.4 Å². The molecule has 0 spiro atoms. The maximum Gasteiger partial charge on any atom is 0.225 e. The molecule has 1 aliphatic heterocycles. The summed E-state index contributed by atoms with van der Waals surface area (Å²) in [6, 6.07) is 0. The first-order chi connectivity index (χ1) is 9.99. The Balaban J connectivity index is 1.82. The van der Waals surface area contributed by atoms with Gasteiger partial charge in [-0.1, -0.05) is 20.8 Å². The fourth-order valence-electron chi connectivity index (χ4n) is 2.57. The molecule has 1 aliphatic rings. The summed E-state index contributed by atoms with van der Waals surface area (Å²) in [5.41, 5.74) is 0.892. The van der Waals surface area contributed by atoms with E-state index < -0.39 is 0 Å². The molecular weight excluding hydrogens is 268 g/mol. The fourth-order valence-corrected chi connectivity index (χ4v) is 2.57. The van der Waals surface area contributed by atoms with E-state index in [1.807, 2.05) is 6.92 Å². The average Bonchev–Trinajstić information content (AvgIpc) is 3.03. The molecule has 0 saturated carbocycles. The van der Waals surface area contributed by atoms with E-state index in [1.54, 1.807) is 11.1 Å². The van der Waals surface area contributed by atoms with E-state index in [1.165, 1.54) is 0 Å². The van der Waals surface area contributed by atoms with Gasteiger partial charge in [-0.3, -0.25) is 9.59 Å². The van der Waals surface area contributed by atoms with Crippen LogP contribution in [-0.2, 0) is 22.6 Å². The highest BCUT2D eigenvalue weighted by atomic mass is 16.2. The highest BCUT2D eigenvalue weighted by molar-refractivity contribution is 5.89.